The summed E-state index contributed by atoms with van der Waals surface area (Å²) < 4.78 is 7.09. The highest BCUT2D eigenvalue weighted by molar-refractivity contribution is 5.36. The van der Waals surface area contributed by atoms with E-state index in [0.717, 1.165) is 24.5 Å². The van der Waals surface area contributed by atoms with E-state index in [1.54, 1.807) is 0 Å². The molecule has 0 radical (unpaired) electrons. The molecule has 0 unspecified atom stereocenters. The molecule has 5 nitrogen and oxygen atoms in total. The molecule has 0 saturated heterocycles. The van der Waals surface area contributed by atoms with Gasteiger partial charge in [0.25, 0.3) is 0 Å². The minimum atomic E-state index is -0.242. The number of hydrogen-bond donors (Lipinski definition) is 1. The van der Waals surface area contributed by atoms with Gasteiger partial charge in [-0.05, 0) is 30.7 Å². The molecule has 1 N–H and O–H groups in total. The van der Waals surface area contributed by atoms with Crippen molar-refractivity contribution >= 4 is 0 Å². The highest BCUT2D eigenvalue weighted by Crippen LogP contribution is 2.14. The molecular weight excluding hydrogens is 242 g/mol. The molecule has 1 heterocycles. The van der Waals surface area contributed by atoms with Crippen LogP contribution in [0.5, 0.6) is 5.75 Å². The Balaban J connectivity index is 1.88. The topological polar surface area (TPSA) is 59.9 Å². The first-order valence-corrected chi connectivity index (χ1v) is 6.66. The van der Waals surface area contributed by atoms with Crippen molar-refractivity contribution in [2.24, 2.45) is 0 Å². The van der Waals surface area contributed by atoms with Crippen molar-refractivity contribution in [2.75, 3.05) is 6.61 Å². The van der Waals surface area contributed by atoms with Gasteiger partial charge in [-0.15, -0.1) is 0 Å². The number of nitrogens with zero attached hydrogens (tertiary/aromatic N) is 2. The second-order valence-electron chi connectivity index (χ2n) is 4.43. The lowest BCUT2D eigenvalue weighted by Gasteiger charge is -2.07. The molecule has 5 heteroatoms. The maximum absolute atomic E-state index is 11.4. The van der Waals surface area contributed by atoms with Crippen LogP contribution >= 0.6 is 0 Å². The van der Waals surface area contributed by atoms with Crippen LogP contribution in [0.15, 0.2) is 35.4 Å². The van der Waals surface area contributed by atoms with Gasteiger partial charge in [0.2, 0.25) is 0 Å². The number of benzene rings is 1. The summed E-state index contributed by atoms with van der Waals surface area (Å²) in [7, 11) is 0. The van der Waals surface area contributed by atoms with Crippen LogP contribution in [0.1, 0.15) is 32.6 Å². The number of nitrogens with one attached hydrogen (secondary N) is 1. The highest BCUT2D eigenvalue weighted by atomic mass is 16.5. The lowest BCUT2D eigenvalue weighted by molar-refractivity contribution is 0.305. The van der Waals surface area contributed by atoms with E-state index in [2.05, 4.69) is 17.1 Å². The van der Waals surface area contributed by atoms with Crippen molar-refractivity contribution in [1.29, 1.82) is 0 Å². The molecule has 102 valence electrons. The van der Waals surface area contributed by atoms with Crippen molar-refractivity contribution in [3.8, 4) is 11.4 Å². The average Bonchev–Trinajstić information content (AvgIpc) is 2.86. The van der Waals surface area contributed by atoms with Gasteiger partial charge in [-0.25, -0.2) is 14.5 Å². The van der Waals surface area contributed by atoms with Gasteiger partial charge in [-0.2, -0.15) is 5.10 Å². The minimum Gasteiger partial charge on any atom is -0.494 e. The molecule has 0 fully saturated rings. The summed E-state index contributed by atoms with van der Waals surface area (Å²) in [6.45, 7) is 2.93. The number of aromatic amines is 1. The number of aromatic nitrogens is 3. The lowest BCUT2D eigenvalue weighted by atomic mass is 10.2. The van der Waals surface area contributed by atoms with Gasteiger partial charge >= 0.3 is 5.69 Å². The van der Waals surface area contributed by atoms with Gasteiger partial charge in [-0.1, -0.05) is 26.2 Å². The molecule has 1 aromatic carbocycles. The van der Waals surface area contributed by atoms with Crippen LogP contribution in [-0.2, 0) is 0 Å². The van der Waals surface area contributed by atoms with Crippen molar-refractivity contribution < 1.29 is 4.74 Å². The minimum absolute atomic E-state index is 0.242. The molecule has 19 heavy (non-hydrogen) atoms. The molecule has 0 bridgehead atoms. The van der Waals surface area contributed by atoms with Crippen LogP contribution < -0.4 is 10.4 Å². The molecule has 0 atom stereocenters. The summed E-state index contributed by atoms with van der Waals surface area (Å²) >= 11 is 0. The predicted octanol–water partition coefficient (Wildman–Crippen LogP) is 2.52. The van der Waals surface area contributed by atoms with E-state index in [-0.39, 0.29) is 5.69 Å². The maximum Gasteiger partial charge on any atom is 0.347 e. The van der Waals surface area contributed by atoms with Gasteiger partial charge in [0.1, 0.15) is 12.1 Å². The number of unbranched alkanes of at least 4 members (excludes halogenated alkanes) is 3. The zero-order chi connectivity index (χ0) is 13.5. The lowest BCUT2D eigenvalue weighted by Crippen LogP contribution is -2.13. The Bertz CT molecular complexity index is 542. The molecule has 0 aliphatic carbocycles. The number of hydrogen-bond acceptors (Lipinski definition) is 3. The van der Waals surface area contributed by atoms with Crippen LogP contribution in [0.25, 0.3) is 5.69 Å². The number of H-pyrrole nitrogens is 1. The Kier molecular flexibility index (Phi) is 4.78. The molecule has 0 spiro atoms. The predicted molar refractivity (Wildman–Crippen MR) is 73.8 cm³/mol. The molecular formula is C14H19N3O2. The third-order valence-electron chi connectivity index (χ3n) is 2.93. The Morgan fingerprint density at radius 2 is 2.00 bits per heavy atom. The largest absolute Gasteiger partial charge is 0.494 e. The summed E-state index contributed by atoms with van der Waals surface area (Å²) in [5, 5.41) is 6.05. The summed E-state index contributed by atoms with van der Waals surface area (Å²) in [6, 6.07) is 7.43. The van der Waals surface area contributed by atoms with E-state index in [0.29, 0.717) is 0 Å². The normalized spacial score (nSPS) is 10.6. The molecule has 0 saturated carbocycles. The van der Waals surface area contributed by atoms with Gasteiger partial charge in [0, 0.05) is 0 Å². The monoisotopic (exact) mass is 261 g/mol. The van der Waals surface area contributed by atoms with Crippen LogP contribution in [0.2, 0.25) is 0 Å². The van der Waals surface area contributed by atoms with E-state index in [1.807, 2.05) is 24.3 Å². The van der Waals surface area contributed by atoms with Crippen LogP contribution in [-0.4, -0.2) is 21.4 Å². The zero-order valence-corrected chi connectivity index (χ0v) is 11.1. The zero-order valence-electron chi connectivity index (χ0n) is 11.1. The first-order valence-electron chi connectivity index (χ1n) is 6.66. The van der Waals surface area contributed by atoms with E-state index in [1.165, 1.54) is 30.2 Å². The van der Waals surface area contributed by atoms with E-state index in [9.17, 15) is 4.79 Å². The van der Waals surface area contributed by atoms with Crippen LogP contribution in [0.4, 0.5) is 0 Å². The third-order valence-corrected chi connectivity index (χ3v) is 2.93. The smallest absolute Gasteiger partial charge is 0.347 e. The molecule has 2 rings (SSSR count). The average molecular weight is 261 g/mol. The summed E-state index contributed by atoms with van der Waals surface area (Å²) in [4.78, 5) is 11.4. The van der Waals surface area contributed by atoms with Crippen molar-refractivity contribution in [2.45, 2.75) is 32.6 Å². The van der Waals surface area contributed by atoms with Crippen molar-refractivity contribution in [3.63, 3.8) is 0 Å². The standard InChI is InChI=1S/C14H19N3O2/c1-2-3-4-5-10-19-13-8-6-12(7-9-13)17-11-15-16-14(17)18/h6-9,11H,2-5,10H2,1H3,(H,16,18). The third kappa shape index (κ3) is 3.71. The van der Waals surface area contributed by atoms with Crippen LogP contribution in [0, 0.1) is 0 Å². The van der Waals surface area contributed by atoms with E-state index >= 15 is 0 Å². The fourth-order valence-corrected chi connectivity index (χ4v) is 1.85. The molecule has 0 aliphatic heterocycles. The Labute approximate surface area is 112 Å². The maximum atomic E-state index is 11.4. The summed E-state index contributed by atoms with van der Waals surface area (Å²) in [5.41, 5.74) is 0.533. The highest BCUT2D eigenvalue weighted by Gasteiger charge is 2.01. The first kappa shape index (κ1) is 13.4. The first-order chi connectivity index (χ1) is 9.31. The fraction of sp³-hybridized carbons (Fsp3) is 0.429. The molecule has 1 aromatic heterocycles. The summed E-state index contributed by atoms with van der Waals surface area (Å²) in [5.74, 6) is 0.830. The second-order valence-corrected chi connectivity index (χ2v) is 4.43. The fourth-order valence-electron chi connectivity index (χ4n) is 1.85. The molecule has 0 aliphatic rings. The van der Waals surface area contributed by atoms with E-state index < -0.39 is 0 Å². The van der Waals surface area contributed by atoms with E-state index in [4.69, 9.17) is 4.74 Å². The number of rotatable bonds is 7. The second kappa shape index (κ2) is 6.78. The van der Waals surface area contributed by atoms with Crippen molar-refractivity contribution in [1.82, 2.24) is 14.8 Å². The van der Waals surface area contributed by atoms with Gasteiger partial charge < -0.3 is 4.74 Å². The Morgan fingerprint density at radius 1 is 1.21 bits per heavy atom. The van der Waals surface area contributed by atoms with Gasteiger partial charge in [0.05, 0.1) is 12.3 Å². The Hall–Kier alpha value is -2.04. The van der Waals surface area contributed by atoms with Gasteiger partial charge in [-0.3, -0.25) is 0 Å². The van der Waals surface area contributed by atoms with Crippen molar-refractivity contribution in [3.05, 3.63) is 41.1 Å². The summed E-state index contributed by atoms with van der Waals surface area (Å²) in [6.07, 6.45) is 6.23. The quantitative estimate of drug-likeness (QED) is 0.779. The molecule has 0 amide bonds. The Morgan fingerprint density at radius 3 is 2.63 bits per heavy atom. The SMILES string of the molecule is CCCCCCOc1ccc(-n2cn[nH]c2=O)cc1. The number of ether oxygens (including phenoxy) is 1. The van der Waals surface area contributed by atoms with Gasteiger partial charge in [0.15, 0.2) is 0 Å². The van der Waals surface area contributed by atoms with Crippen LogP contribution in [0.3, 0.4) is 0 Å². The molecule has 2 aromatic rings.